The van der Waals surface area contributed by atoms with Gasteiger partial charge in [0.15, 0.2) is 0 Å². The third kappa shape index (κ3) is 4.46. The zero-order chi connectivity index (χ0) is 37.2. The quantitative estimate of drug-likeness (QED) is 0.165. The SMILES string of the molecule is c1cc2ccc3ccc(-c4ccc(-c5ccc(-c6ccc7ccc8cccc9ccc6c7c89)cc5-c5ccc6oc7ccccc7c6c5)cc4)c4ccc(c1)c2c34. The topological polar surface area (TPSA) is 13.1 Å². The summed E-state index contributed by atoms with van der Waals surface area (Å²) in [6.45, 7) is 0. The van der Waals surface area contributed by atoms with Gasteiger partial charge in [-0.3, -0.25) is 0 Å². The van der Waals surface area contributed by atoms with Crippen molar-refractivity contribution >= 4 is 86.6 Å². The van der Waals surface area contributed by atoms with E-state index in [1.54, 1.807) is 0 Å². The summed E-state index contributed by atoms with van der Waals surface area (Å²) in [5, 5.41) is 17.9. The Bertz CT molecular complexity index is 3700. The molecule has 262 valence electrons. The Hall–Kier alpha value is -7.48. The van der Waals surface area contributed by atoms with Crippen LogP contribution in [0.5, 0.6) is 0 Å². The number of benzene rings is 12. The molecule has 1 heteroatoms. The van der Waals surface area contributed by atoms with Gasteiger partial charge in [0.2, 0.25) is 0 Å². The van der Waals surface area contributed by atoms with E-state index in [4.69, 9.17) is 4.42 Å². The van der Waals surface area contributed by atoms with Gasteiger partial charge in [-0.25, -0.2) is 0 Å². The van der Waals surface area contributed by atoms with Gasteiger partial charge in [-0.2, -0.15) is 0 Å². The van der Waals surface area contributed by atoms with Crippen LogP contribution >= 0.6 is 0 Å². The van der Waals surface area contributed by atoms with Crippen LogP contribution in [0.3, 0.4) is 0 Å². The molecule has 0 radical (unpaired) electrons. The van der Waals surface area contributed by atoms with Crippen LogP contribution in [-0.2, 0) is 0 Å². The Morgan fingerprint density at radius 3 is 1.30 bits per heavy atom. The van der Waals surface area contributed by atoms with E-state index in [9.17, 15) is 0 Å². The number of rotatable bonds is 4. The van der Waals surface area contributed by atoms with Crippen LogP contribution in [0.15, 0.2) is 199 Å². The van der Waals surface area contributed by atoms with Crippen molar-refractivity contribution in [2.45, 2.75) is 0 Å². The normalized spacial score (nSPS) is 12.2. The maximum atomic E-state index is 6.28. The molecule has 0 N–H and O–H groups in total. The van der Waals surface area contributed by atoms with Crippen LogP contribution < -0.4 is 0 Å². The van der Waals surface area contributed by atoms with Crippen molar-refractivity contribution in [1.82, 2.24) is 0 Å². The van der Waals surface area contributed by atoms with Crippen LogP contribution in [0.25, 0.3) is 131 Å². The van der Waals surface area contributed by atoms with Gasteiger partial charge in [0.25, 0.3) is 0 Å². The van der Waals surface area contributed by atoms with Crippen LogP contribution in [0.1, 0.15) is 0 Å². The highest BCUT2D eigenvalue weighted by atomic mass is 16.3. The molecule has 0 aliphatic heterocycles. The summed E-state index contributed by atoms with van der Waals surface area (Å²) in [5.74, 6) is 0. The van der Waals surface area contributed by atoms with E-state index in [0.29, 0.717) is 0 Å². The fourth-order valence-corrected chi connectivity index (χ4v) is 9.90. The molecular weight excluding hydrogens is 689 g/mol. The first kappa shape index (κ1) is 30.8. The molecule has 1 nitrogen and oxygen atoms in total. The molecule has 0 aliphatic carbocycles. The predicted octanol–water partition coefficient (Wildman–Crippen LogP) is 16.0. The van der Waals surface area contributed by atoms with Crippen LogP contribution in [0, 0.1) is 0 Å². The van der Waals surface area contributed by atoms with Crippen molar-refractivity contribution in [3.8, 4) is 44.5 Å². The van der Waals surface area contributed by atoms with Gasteiger partial charge in [0.05, 0.1) is 0 Å². The van der Waals surface area contributed by atoms with Gasteiger partial charge in [-0.1, -0.05) is 170 Å². The molecule has 0 atom stereocenters. The van der Waals surface area contributed by atoms with E-state index >= 15 is 0 Å². The number of fused-ring (bicyclic) bond motifs is 3. The molecule has 0 spiro atoms. The first-order valence-electron chi connectivity index (χ1n) is 19.7. The van der Waals surface area contributed by atoms with Crippen molar-refractivity contribution in [1.29, 1.82) is 0 Å². The molecule has 12 aromatic carbocycles. The van der Waals surface area contributed by atoms with Crippen molar-refractivity contribution in [3.63, 3.8) is 0 Å². The molecule has 0 bridgehead atoms. The number of hydrogen-bond donors (Lipinski definition) is 0. The highest BCUT2D eigenvalue weighted by Crippen LogP contribution is 2.44. The largest absolute Gasteiger partial charge is 0.456 e. The van der Waals surface area contributed by atoms with E-state index in [2.05, 4.69) is 188 Å². The van der Waals surface area contributed by atoms with Gasteiger partial charge in [-0.15, -0.1) is 0 Å². The number of furan rings is 1. The fraction of sp³-hybridized carbons (Fsp3) is 0. The molecule has 0 aliphatic rings. The Labute approximate surface area is 328 Å². The lowest BCUT2D eigenvalue weighted by atomic mass is 9.86. The summed E-state index contributed by atoms with van der Waals surface area (Å²) < 4.78 is 6.28. The van der Waals surface area contributed by atoms with Crippen LogP contribution in [0.4, 0.5) is 0 Å². The van der Waals surface area contributed by atoms with Crippen molar-refractivity contribution in [2.75, 3.05) is 0 Å². The van der Waals surface area contributed by atoms with E-state index in [1.807, 2.05) is 6.07 Å². The second-order valence-electron chi connectivity index (χ2n) is 15.6. The smallest absolute Gasteiger partial charge is 0.135 e. The molecule has 0 amide bonds. The minimum Gasteiger partial charge on any atom is -0.456 e. The molecule has 57 heavy (non-hydrogen) atoms. The average molecular weight is 721 g/mol. The molecule has 1 heterocycles. The maximum absolute atomic E-state index is 6.28. The second-order valence-corrected chi connectivity index (χ2v) is 15.6. The Morgan fingerprint density at radius 2 is 0.667 bits per heavy atom. The first-order chi connectivity index (χ1) is 28.2. The monoisotopic (exact) mass is 720 g/mol. The minimum atomic E-state index is 0.905. The van der Waals surface area contributed by atoms with Crippen LogP contribution in [-0.4, -0.2) is 0 Å². The highest BCUT2D eigenvalue weighted by molar-refractivity contribution is 6.27. The molecule has 0 saturated carbocycles. The molecule has 0 fully saturated rings. The molecule has 13 rings (SSSR count). The number of hydrogen-bond acceptors (Lipinski definition) is 1. The lowest BCUT2D eigenvalue weighted by Gasteiger charge is -2.17. The van der Waals surface area contributed by atoms with E-state index < -0.39 is 0 Å². The second kappa shape index (κ2) is 11.5. The Kier molecular flexibility index (Phi) is 6.23. The van der Waals surface area contributed by atoms with E-state index in [1.165, 1.54) is 109 Å². The third-order valence-corrected chi connectivity index (χ3v) is 12.6. The minimum absolute atomic E-state index is 0.905. The standard InChI is InChI=1S/C56H32O/c1-2-10-51-46(9-1)50-32-42(24-30-52(50)57-51)49-31-41(45-26-20-40-18-16-36-6-4-8-38-22-29-48(45)56(40)54(36)38)23-27-44(49)34-13-11-33(12-14-34)43-25-19-39-17-15-35-5-3-7-37-21-28-47(43)55(39)53(35)37/h1-32H. The van der Waals surface area contributed by atoms with Gasteiger partial charge in [-0.05, 0) is 133 Å². The van der Waals surface area contributed by atoms with Crippen molar-refractivity contribution in [3.05, 3.63) is 194 Å². The Balaban J connectivity index is 0.999. The highest BCUT2D eigenvalue weighted by Gasteiger charge is 2.18. The number of para-hydroxylation sites is 1. The Morgan fingerprint density at radius 1 is 0.228 bits per heavy atom. The van der Waals surface area contributed by atoms with Gasteiger partial charge in [0, 0.05) is 10.8 Å². The average Bonchev–Trinajstić information content (AvgIpc) is 3.65. The fourth-order valence-electron chi connectivity index (χ4n) is 9.90. The van der Waals surface area contributed by atoms with Crippen molar-refractivity contribution < 1.29 is 4.42 Å². The van der Waals surface area contributed by atoms with E-state index in [0.717, 1.165) is 21.9 Å². The summed E-state index contributed by atoms with van der Waals surface area (Å²) in [6, 6.07) is 71.8. The molecule has 1 aromatic heterocycles. The van der Waals surface area contributed by atoms with Gasteiger partial charge < -0.3 is 4.42 Å². The zero-order valence-corrected chi connectivity index (χ0v) is 30.9. The molecule has 0 saturated heterocycles. The predicted molar refractivity (Wildman–Crippen MR) is 243 cm³/mol. The van der Waals surface area contributed by atoms with Crippen molar-refractivity contribution in [2.24, 2.45) is 0 Å². The molecular formula is C56H32O. The molecule has 0 unspecified atom stereocenters. The van der Waals surface area contributed by atoms with Crippen LogP contribution in [0.2, 0.25) is 0 Å². The van der Waals surface area contributed by atoms with E-state index in [-0.39, 0.29) is 0 Å². The first-order valence-corrected chi connectivity index (χ1v) is 19.7. The zero-order valence-electron chi connectivity index (χ0n) is 30.9. The summed E-state index contributed by atoms with van der Waals surface area (Å²) in [5.41, 5.74) is 11.5. The summed E-state index contributed by atoms with van der Waals surface area (Å²) in [7, 11) is 0. The lowest BCUT2D eigenvalue weighted by molar-refractivity contribution is 0.669. The molecule has 13 aromatic rings. The summed E-state index contributed by atoms with van der Waals surface area (Å²) >= 11 is 0. The van der Waals surface area contributed by atoms with Gasteiger partial charge >= 0.3 is 0 Å². The third-order valence-electron chi connectivity index (χ3n) is 12.6. The lowest BCUT2D eigenvalue weighted by Crippen LogP contribution is -1.91. The summed E-state index contributed by atoms with van der Waals surface area (Å²) in [4.78, 5) is 0. The van der Waals surface area contributed by atoms with Gasteiger partial charge in [0.1, 0.15) is 11.2 Å². The summed E-state index contributed by atoms with van der Waals surface area (Å²) in [6.07, 6.45) is 0. The maximum Gasteiger partial charge on any atom is 0.135 e.